The third-order valence-corrected chi connectivity index (χ3v) is 10.8. The second kappa shape index (κ2) is 10.8. The second-order valence-corrected chi connectivity index (χ2v) is 14.5. The highest BCUT2D eigenvalue weighted by Crippen LogP contribution is 2.48. The molecule has 0 N–H and O–H groups in total. The van der Waals surface area contributed by atoms with Crippen molar-refractivity contribution in [2.45, 2.75) is 88.6 Å². The Morgan fingerprint density at radius 2 is 1.83 bits per heavy atom. The summed E-state index contributed by atoms with van der Waals surface area (Å²) in [6, 6.07) is 2.48. The van der Waals surface area contributed by atoms with Crippen LogP contribution in [0.15, 0.2) is 33.9 Å². The van der Waals surface area contributed by atoms with E-state index in [1.54, 1.807) is 41.5 Å². The Kier molecular flexibility index (Phi) is 8.02. The van der Waals surface area contributed by atoms with Crippen LogP contribution in [0.3, 0.4) is 0 Å². The molecule has 2 aliphatic rings. The highest BCUT2D eigenvalue weighted by atomic mass is 32.2. The fourth-order valence-corrected chi connectivity index (χ4v) is 8.35. The summed E-state index contributed by atoms with van der Waals surface area (Å²) in [6.45, 7) is 7.44. The molecule has 0 aliphatic carbocycles. The van der Waals surface area contributed by atoms with Crippen molar-refractivity contribution in [1.29, 1.82) is 0 Å². The van der Waals surface area contributed by atoms with Crippen LogP contribution in [0.2, 0.25) is 0 Å². The monoisotopic (exact) mass is 595 g/mol. The summed E-state index contributed by atoms with van der Waals surface area (Å²) in [5.74, 6) is -2.27. The predicted octanol–water partition coefficient (Wildman–Crippen LogP) is 4.46. The van der Waals surface area contributed by atoms with Gasteiger partial charge in [0, 0.05) is 18.0 Å². The van der Waals surface area contributed by atoms with Gasteiger partial charge in [0.25, 0.3) is 0 Å². The van der Waals surface area contributed by atoms with E-state index in [1.807, 2.05) is 0 Å². The number of halogens is 3. The molecule has 0 unspecified atom stereocenters. The molecule has 0 bridgehead atoms. The number of ketones is 1. The lowest BCUT2D eigenvalue weighted by atomic mass is 9.88. The number of carbonyl (C=O) groups excluding carboxylic acids is 2. The number of hydrogen-bond acceptors (Lipinski definition) is 10. The van der Waals surface area contributed by atoms with Gasteiger partial charge in [0.1, 0.15) is 28.3 Å². The molecule has 0 amide bonds. The molecule has 0 spiro atoms. The van der Waals surface area contributed by atoms with E-state index in [1.165, 1.54) is 6.07 Å². The fraction of sp³-hybridized carbons (Fsp3) is 0.556. The Bertz CT molecular complexity index is 1510. The molecule has 10 nitrogen and oxygen atoms in total. The Morgan fingerprint density at radius 1 is 1.12 bits per heavy atom. The molecule has 0 saturated carbocycles. The average molecular weight is 596 g/mol. The normalized spacial score (nSPS) is 25.2. The van der Waals surface area contributed by atoms with Crippen LogP contribution in [0, 0.1) is 5.82 Å². The third kappa shape index (κ3) is 5.97. The van der Waals surface area contributed by atoms with Crippen LogP contribution in [0.4, 0.5) is 13.2 Å². The number of pyridine rings is 1. The second-order valence-electron chi connectivity index (χ2n) is 11.5. The molecule has 0 radical (unpaired) electrons. The molecule has 0 saturated heterocycles. The SMILES string of the molecule is CC(C)(C)OC(=O)CC1=N[C@](C)(c2nc(CC(=O)c3cnc(OC(F)F)cn3)ccc2F)[C@H]2CCN=[S@@]2(=O)C1(C)C. The van der Waals surface area contributed by atoms with Gasteiger partial charge < -0.3 is 9.47 Å². The summed E-state index contributed by atoms with van der Waals surface area (Å²) < 4.78 is 67.7. The van der Waals surface area contributed by atoms with Gasteiger partial charge in [0.2, 0.25) is 5.88 Å². The van der Waals surface area contributed by atoms with Crippen LogP contribution in [0.25, 0.3) is 0 Å². The smallest absolute Gasteiger partial charge is 0.388 e. The number of esters is 1. The van der Waals surface area contributed by atoms with Gasteiger partial charge in [-0.05, 0) is 60.1 Å². The Hall–Kier alpha value is -3.42. The van der Waals surface area contributed by atoms with Crippen molar-refractivity contribution in [1.82, 2.24) is 15.0 Å². The van der Waals surface area contributed by atoms with Gasteiger partial charge >= 0.3 is 12.6 Å². The topological polar surface area (TPSA) is 133 Å². The van der Waals surface area contributed by atoms with E-state index in [2.05, 4.69) is 24.1 Å². The third-order valence-electron chi connectivity index (χ3n) is 7.06. The van der Waals surface area contributed by atoms with Gasteiger partial charge in [-0.2, -0.15) is 8.78 Å². The zero-order valence-corrected chi connectivity index (χ0v) is 24.4. The molecular weight excluding hydrogens is 563 g/mol. The van der Waals surface area contributed by atoms with E-state index in [9.17, 15) is 22.6 Å². The van der Waals surface area contributed by atoms with Crippen LogP contribution >= 0.6 is 0 Å². The zero-order chi connectivity index (χ0) is 30.4. The number of aliphatic imine (C=N–C) groups is 1. The van der Waals surface area contributed by atoms with Gasteiger partial charge in [-0.15, -0.1) is 0 Å². The standard InChI is InChI=1S/C27H32F3N5O5S/c1-25(2,3)40-22(37)12-19-26(4,5)41(38)20(9-10-33-41)27(6,35-19)23-16(28)8-7-15(34-23)11-18(36)17-13-32-21(14-31-17)39-24(29)30/h7-8,13-14,20,24H,9-12H2,1-6H3/t20-,27+,41+/m1/s1. The number of fused-ring (bicyclic) bond motifs is 1. The first-order valence-corrected chi connectivity index (χ1v) is 14.5. The minimum Gasteiger partial charge on any atom is -0.460 e. The molecule has 0 aromatic carbocycles. The van der Waals surface area contributed by atoms with Crippen LogP contribution in [0.5, 0.6) is 5.88 Å². The summed E-state index contributed by atoms with van der Waals surface area (Å²) in [5.41, 5.74) is -2.01. The molecule has 0 fully saturated rings. The van der Waals surface area contributed by atoms with Crippen molar-refractivity contribution < 1.29 is 36.4 Å². The molecule has 2 aromatic heterocycles. The molecule has 4 rings (SSSR count). The molecule has 41 heavy (non-hydrogen) atoms. The first-order chi connectivity index (χ1) is 19.0. The van der Waals surface area contributed by atoms with E-state index in [0.29, 0.717) is 6.42 Å². The Balaban J connectivity index is 1.71. The van der Waals surface area contributed by atoms with Crippen LogP contribution in [-0.2, 0) is 31.2 Å². The Morgan fingerprint density at radius 3 is 2.44 bits per heavy atom. The maximum Gasteiger partial charge on any atom is 0.388 e. The molecule has 14 heteroatoms. The maximum absolute atomic E-state index is 15.5. The molecule has 222 valence electrons. The van der Waals surface area contributed by atoms with Crippen LogP contribution < -0.4 is 4.74 Å². The van der Waals surface area contributed by atoms with E-state index in [0.717, 1.165) is 18.5 Å². The highest BCUT2D eigenvalue weighted by Gasteiger charge is 2.58. The highest BCUT2D eigenvalue weighted by molar-refractivity contribution is 7.96. The summed E-state index contributed by atoms with van der Waals surface area (Å²) in [4.78, 5) is 42.4. The van der Waals surface area contributed by atoms with Crippen molar-refractivity contribution in [3.63, 3.8) is 0 Å². The Labute approximate surface area is 236 Å². The number of carbonyl (C=O) groups is 2. The van der Waals surface area contributed by atoms with Gasteiger partial charge in [0.05, 0.1) is 45.0 Å². The summed E-state index contributed by atoms with van der Waals surface area (Å²) >= 11 is 0. The number of Topliss-reactive ketones (excluding diaryl/α,β-unsaturated/α-hetero) is 1. The number of hydrogen-bond donors (Lipinski definition) is 0. The minimum absolute atomic E-state index is 0.124. The molecule has 2 aromatic rings. The quantitative estimate of drug-likeness (QED) is 0.323. The zero-order valence-electron chi connectivity index (χ0n) is 23.6. The lowest BCUT2D eigenvalue weighted by Gasteiger charge is -2.45. The average Bonchev–Trinajstić information content (AvgIpc) is 3.27. The number of aromatic nitrogens is 3. The molecule has 4 heterocycles. The number of ether oxygens (including phenoxy) is 2. The number of nitrogens with zero attached hydrogens (tertiary/aromatic N) is 5. The van der Waals surface area contributed by atoms with Crippen molar-refractivity contribution in [2.75, 3.05) is 6.54 Å². The molecule has 2 aliphatic heterocycles. The summed E-state index contributed by atoms with van der Waals surface area (Å²) in [5, 5.41) is -0.700. The van der Waals surface area contributed by atoms with Crippen molar-refractivity contribution >= 4 is 27.2 Å². The number of rotatable bonds is 8. The van der Waals surface area contributed by atoms with Crippen LogP contribution in [-0.4, -0.2) is 65.4 Å². The number of alkyl halides is 2. The van der Waals surface area contributed by atoms with Crippen molar-refractivity contribution in [3.8, 4) is 5.88 Å². The predicted molar refractivity (Wildman–Crippen MR) is 144 cm³/mol. The van der Waals surface area contributed by atoms with E-state index in [-0.39, 0.29) is 42.2 Å². The minimum atomic E-state index is -3.09. The van der Waals surface area contributed by atoms with Crippen molar-refractivity contribution in [3.05, 3.63) is 47.4 Å². The largest absolute Gasteiger partial charge is 0.460 e. The van der Waals surface area contributed by atoms with E-state index in [4.69, 9.17) is 9.73 Å². The van der Waals surface area contributed by atoms with Gasteiger partial charge in [-0.25, -0.2) is 22.9 Å². The summed E-state index contributed by atoms with van der Waals surface area (Å²) in [6.07, 6.45) is 1.70. The van der Waals surface area contributed by atoms with Gasteiger partial charge in [0.15, 0.2) is 5.78 Å². The van der Waals surface area contributed by atoms with E-state index < -0.39 is 60.9 Å². The fourth-order valence-electron chi connectivity index (χ4n) is 5.10. The van der Waals surface area contributed by atoms with Gasteiger partial charge in [-0.3, -0.25) is 19.6 Å². The lowest BCUT2D eigenvalue weighted by Crippen LogP contribution is -2.56. The molecule has 3 atom stereocenters. The first-order valence-electron chi connectivity index (χ1n) is 12.9. The van der Waals surface area contributed by atoms with E-state index >= 15 is 4.39 Å². The van der Waals surface area contributed by atoms with Gasteiger partial charge in [-0.1, -0.05) is 0 Å². The lowest BCUT2D eigenvalue weighted by molar-refractivity contribution is -0.153. The first kappa shape index (κ1) is 30.5. The summed E-state index contributed by atoms with van der Waals surface area (Å²) in [7, 11) is -3.05. The maximum atomic E-state index is 15.5. The van der Waals surface area contributed by atoms with Crippen molar-refractivity contribution in [2.24, 2.45) is 9.36 Å². The molecular formula is C27H32F3N5O5S. The van der Waals surface area contributed by atoms with Crippen LogP contribution in [0.1, 0.15) is 76.3 Å².